The van der Waals surface area contributed by atoms with Crippen LogP contribution < -0.4 is 5.56 Å². The topological polar surface area (TPSA) is 65.6 Å². The summed E-state index contributed by atoms with van der Waals surface area (Å²) < 4.78 is 68.3. The van der Waals surface area contributed by atoms with Gasteiger partial charge in [0.2, 0.25) is 0 Å². The van der Waals surface area contributed by atoms with Gasteiger partial charge in [-0.25, -0.2) is 9.67 Å². The normalized spacial score (nSPS) is 15.4. The number of nitrogens with zero attached hydrogens (tertiary/aromatic N) is 5. The highest BCUT2D eigenvalue weighted by Gasteiger charge is 2.33. The second-order valence-corrected chi connectivity index (χ2v) is 7.74. The van der Waals surface area contributed by atoms with Gasteiger partial charge in [0, 0.05) is 5.56 Å². The Balaban J connectivity index is 1.85. The molecule has 1 saturated carbocycles. The van der Waals surface area contributed by atoms with Gasteiger partial charge in [0.15, 0.2) is 5.82 Å². The van der Waals surface area contributed by atoms with E-state index in [0.717, 1.165) is 49.2 Å². The van der Waals surface area contributed by atoms with Crippen LogP contribution in [0.2, 0.25) is 0 Å². The zero-order chi connectivity index (χ0) is 22.9. The van der Waals surface area contributed by atoms with E-state index in [1.165, 1.54) is 24.3 Å². The molecule has 0 atom stereocenters. The van der Waals surface area contributed by atoms with Gasteiger partial charge < -0.3 is 0 Å². The van der Waals surface area contributed by atoms with Crippen molar-refractivity contribution in [2.24, 2.45) is 0 Å². The molecule has 6 nitrogen and oxygen atoms in total. The summed E-state index contributed by atoms with van der Waals surface area (Å²) in [5.74, 6) is -0.375. The van der Waals surface area contributed by atoms with Crippen LogP contribution in [0.4, 0.5) is 22.0 Å². The van der Waals surface area contributed by atoms with Gasteiger partial charge in [0.1, 0.15) is 12.0 Å². The highest BCUT2D eigenvalue weighted by molar-refractivity contribution is 5.50. The first-order valence-corrected chi connectivity index (χ1v) is 10.2. The SMILES string of the molecule is O=c1c(C2CCCCC2)cc(-c2ncnn2C(F)F)nn1Cc1ccccc1C(F)(F)F. The van der Waals surface area contributed by atoms with Crippen LogP contribution in [0.5, 0.6) is 0 Å². The van der Waals surface area contributed by atoms with E-state index in [-0.39, 0.29) is 23.0 Å². The van der Waals surface area contributed by atoms with E-state index in [0.29, 0.717) is 10.2 Å². The van der Waals surface area contributed by atoms with Crippen LogP contribution in [0.3, 0.4) is 0 Å². The molecule has 1 aliphatic rings. The lowest BCUT2D eigenvalue weighted by Gasteiger charge is -2.22. The minimum absolute atomic E-state index is 0.0348. The molecule has 3 aromatic rings. The van der Waals surface area contributed by atoms with Gasteiger partial charge in [-0.15, -0.1) is 0 Å². The number of hydrogen-bond donors (Lipinski definition) is 0. The average Bonchev–Trinajstić information content (AvgIpc) is 3.26. The number of benzene rings is 1. The summed E-state index contributed by atoms with van der Waals surface area (Å²) in [7, 11) is 0. The molecule has 0 bridgehead atoms. The fourth-order valence-corrected chi connectivity index (χ4v) is 4.16. The standard InChI is InChI=1S/C21H20F5N5O/c22-20(23)31-18(27-12-28-31)17-10-15(13-6-2-1-3-7-13)19(32)30(29-17)11-14-8-4-5-9-16(14)21(24,25)26/h4-5,8-10,12-13,20H,1-3,6-7,11H2. The number of aromatic nitrogens is 5. The minimum Gasteiger partial charge on any atom is -0.267 e. The van der Waals surface area contributed by atoms with Gasteiger partial charge in [-0.05, 0) is 36.5 Å². The average molecular weight is 453 g/mol. The van der Waals surface area contributed by atoms with Crippen molar-refractivity contribution in [2.45, 2.75) is 57.3 Å². The summed E-state index contributed by atoms with van der Waals surface area (Å²) in [4.78, 5) is 17.0. The molecule has 0 radical (unpaired) electrons. The predicted molar refractivity (Wildman–Crippen MR) is 105 cm³/mol. The molecule has 0 saturated heterocycles. The van der Waals surface area contributed by atoms with Gasteiger partial charge >= 0.3 is 12.7 Å². The molecule has 170 valence electrons. The third kappa shape index (κ3) is 4.42. The fourth-order valence-electron chi connectivity index (χ4n) is 4.16. The van der Waals surface area contributed by atoms with E-state index in [4.69, 9.17) is 0 Å². The van der Waals surface area contributed by atoms with E-state index in [9.17, 15) is 26.7 Å². The first-order chi connectivity index (χ1) is 15.3. The maximum Gasteiger partial charge on any atom is 0.416 e. The van der Waals surface area contributed by atoms with Crippen molar-refractivity contribution in [1.29, 1.82) is 0 Å². The molecule has 1 fully saturated rings. The van der Waals surface area contributed by atoms with Crippen molar-refractivity contribution in [3.05, 3.63) is 63.7 Å². The molecular formula is C21H20F5N5O. The molecule has 0 aliphatic heterocycles. The van der Waals surface area contributed by atoms with Crippen LogP contribution in [0, 0.1) is 0 Å². The number of hydrogen-bond acceptors (Lipinski definition) is 4. The first-order valence-electron chi connectivity index (χ1n) is 10.2. The lowest BCUT2D eigenvalue weighted by atomic mass is 9.84. The molecule has 0 N–H and O–H groups in total. The van der Waals surface area contributed by atoms with E-state index < -0.39 is 30.4 Å². The number of rotatable bonds is 5. The van der Waals surface area contributed by atoms with Gasteiger partial charge in [-0.1, -0.05) is 37.5 Å². The molecule has 2 aromatic heterocycles. The van der Waals surface area contributed by atoms with Crippen LogP contribution in [0.15, 0.2) is 41.5 Å². The first kappa shape index (κ1) is 22.1. The second-order valence-electron chi connectivity index (χ2n) is 7.74. The lowest BCUT2D eigenvalue weighted by molar-refractivity contribution is -0.138. The third-order valence-electron chi connectivity index (χ3n) is 5.68. The number of halogens is 5. The van der Waals surface area contributed by atoms with Crippen LogP contribution in [0.25, 0.3) is 11.5 Å². The Hall–Kier alpha value is -3.11. The van der Waals surface area contributed by atoms with Crippen molar-refractivity contribution in [1.82, 2.24) is 24.5 Å². The van der Waals surface area contributed by atoms with Crippen molar-refractivity contribution in [2.75, 3.05) is 0 Å². The maximum atomic E-state index is 13.5. The van der Waals surface area contributed by atoms with E-state index in [2.05, 4.69) is 15.2 Å². The Morgan fingerprint density at radius 3 is 2.50 bits per heavy atom. The molecular weight excluding hydrogens is 433 g/mol. The lowest BCUT2D eigenvalue weighted by Crippen LogP contribution is -2.30. The molecule has 0 unspecified atom stereocenters. The molecule has 32 heavy (non-hydrogen) atoms. The Labute approximate surface area is 179 Å². The summed E-state index contributed by atoms with van der Waals surface area (Å²) >= 11 is 0. The summed E-state index contributed by atoms with van der Waals surface area (Å²) in [5.41, 5.74) is -1.23. The van der Waals surface area contributed by atoms with Crippen LogP contribution in [-0.4, -0.2) is 24.5 Å². The largest absolute Gasteiger partial charge is 0.416 e. The van der Waals surface area contributed by atoms with Gasteiger partial charge in [-0.3, -0.25) is 4.79 Å². The maximum absolute atomic E-state index is 13.5. The molecule has 11 heteroatoms. The minimum atomic E-state index is -4.61. The highest BCUT2D eigenvalue weighted by atomic mass is 19.4. The third-order valence-corrected chi connectivity index (χ3v) is 5.68. The summed E-state index contributed by atoms with van der Waals surface area (Å²) in [6.07, 6.45) is 0.648. The van der Waals surface area contributed by atoms with E-state index >= 15 is 0 Å². The second kappa shape index (κ2) is 8.79. The smallest absolute Gasteiger partial charge is 0.267 e. The monoisotopic (exact) mass is 453 g/mol. The summed E-state index contributed by atoms with van der Waals surface area (Å²) in [5, 5.41) is 7.61. The van der Waals surface area contributed by atoms with Crippen molar-refractivity contribution >= 4 is 0 Å². The molecule has 1 aromatic carbocycles. The summed E-state index contributed by atoms with van der Waals surface area (Å²) in [6, 6.07) is 6.32. The molecule has 1 aliphatic carbocycles. The Kier molecular flexibility index (Phi) is 6.07. The van der Waals surface area contributed by atoms with Crippen LogP contribution in [0.1, 0.15) is 61.3 Å². The Bertz CT molecular complexity index is 1150. The molecule has 2 heterocycles. The van der Waals surface area contributed by atoms with Crippen molar-refractivity contribution in [3.63, 3.8) is 0 Å². The van der Waals surface area contributed by atoms with E-state index in [1.54, 1.807) is 0 Å². The van der Waals surface area contributed by atoms with Gasteiger partial charge in [-0.2, -0.15) is 36.8 Å². The zero-order valence-electron chi connectivity index (χ0n) is 16.9. The quantitative estimate of drug-likeness (QED) is 0.510. The van der Waals surface area contributed by atoms with Crippen LogP contribution >= 0.6 is 0 Å². The molecule has 0 spiro atoms. The zero-order valence-corrected chi connectivity index (χ0v) is 16.9. The molecule has 0 amide bonds. The summed E-state index contributed by atoms with van der Waals surface area (Å²) in [6.45, 7) is -3.44. The van der Waals surface area contributed by atoms with Crippen LogP contribution in [-0.2, 0) is 12.7 Å². The van der Waals surface area contributed by atoms with Crippen molar-refractivity contribution in [3.8, 4) is 11.5 Å². The molecule has 4 rings (SSSR count). The fraction of sp³-hybridized carbons (Fsp3) is 0.429. The Morgan fingerprint density at radius 1 is 1.09 bits per heavy atom. The number of alkyl halides is 5. The Morgan fingerprint density at radius 2 is 1.81 bits per heavy atom. The van der Waals surface area contributed by atoms with Gasteiger partial charge in [0.05, 0.1) is 12.1 Å². The van der Waals surface area contributed by atoms with Gasteiger partial charge in [0.25, 0.3) is 5.56 Å². The van der Waals surface area contributed by atoms with E-state index in [1.807, 2.05) is 0 Å². The van der Waals surface area contributed by atoms with Crippen molar-refractivity contribution < 1.29 is 22.0 Å². The highest BCUT2D eigenvalue weighted by Crippen LogP contribution is 2.34. The predicted octanol–water partition coefficient (Wildman–Crippen LogP) is 5.01.